The number of nitrogens with one attached hydrogen (secondary N) is 1. The molecule has 1 N–H and O–H groups in total. The molecule has 1 atom stereocenters. The molecule has 0 radical (unpaired) electrons. The molecule has 0 saturated heterocycles. The first kappa shape index (κ1) is 11.9. The fourth-order valence-corrected chi connectivity index (χ4v) is 1.91. The molecular formula is C14H18N2O. The molecule has 17 heavy (non-hydrogen) atoms. The van der Waals surface area contributed by atoms with Gasteiger partial charge in [0.15, 0.2) is 0 Å². The molecule has 0 aromatic carbocycles. The summed E-state index contributed by atoms with van der Waals surface area (Å²) in [6.45, 7) is 4.05. The molecular weight excluding hydrogens is 212 g/mol. The van der Waals surface area contributed by atoms with Gasteiger partial charge in [-0.15, -0.1) is 0 Å². The van der Waals surface area contributed by atoms with Crippen molar-refractivity contribution in [2.45, 2.75) is 26.3 Å². The molecule has 90 valence electrons. The van der Waals surface area contributed by atoms with Crippen molar-refractivity contribution >= 4 is 0 Å². The Labute approximate surface area is 102 Å². The molecule has 0 saturated carbocycles. The molecule has 0 bridgehead atoms. The minimum absolute atomic E-state index is 0.178. The lowest BCUT2D eigenvalue weighted by molar-refractivity contribution is 0.412. The summed E-state index contributed by atoms with van der Waals surface area (Å²) in [4.78, 5) is 4.42. The van der Waals surface area contributed by atoms with Crippen molar-refractivity contribution in [1.29, 1.82) is 0 Å². The van der Waals surface area contributed by atoms with E-state index < -0.39 is 0 Å². The van der Waals surface area contributed by atoms with Crippen LogP contribution in [0, 0.1) is 13.8 Å². The molecule has 1 unspecified atom stereocenters. The third-order valence-corrected chi connectivity index (χ3v) is 2.97. The first-order chi connectivity index (χ1) is 8.20. The van der Waals surface area contributed by atoms with E-state index in [1.54, 1.807) is 0 Å². The lowest BCUT2D eigenvalue weighted by atomic mass is 10.1. The number of hydrogen-bond donors (Lipinski definition) is 1. The largest absolute Gasteiger partial charge is 0.465 e. The summed E-state index contributed by atoms with van der Waals surface area (Å²) < 4.78 is 5.66. The number of aromatic nitrogens is 1. The molecule has 0 aliphatic rings. The van der Waals surface area contributed by atoms with Gasteiger partial charge >= 0.3 is 0 Å². The van der Waals surface area contributed by atoms with Gasteiger partial charge in [-0.1, -0.05) is 6.07 Å². The van der Waals surface area contributed by atoms with Crippen LogP contribution in [-0.2, 0) is 6.42 Å². The number of rotatable bonds is 4. The smallest absolute Gasteiger partial charge is 0.121 e. The van der Waals surface area contributed by atoms with Crippen LogP contribution in [0.15, 0.2) is 34.9 Å². The Bertz CT molecular complexity index is 490. The van der Waals surface area contributed by atoms with Crippen LogP contribution in [0.25, 0.3) is 0 Å². The van der Waals surface area contributed by atoms with Crippen molar-refractivity contribution in [1.82, 2.24) is 10.3 Å². The highest BCUT2D eigenvalue weighted by molar-refractivity contribution is 5.21. The quantitative estimate of drug-likeness (QED) is 0.877. The average molecular weight is 230 g/mol. The summed E-state index contributed by atoms with van der Waals surface area (Å²) in [6, 6.07) is 8.24. The van der Waals surface area contributed by atoms with E-state index in [1.165, 1.54) is 5.56 Å². The molecule has 2 rings (SSSR count). The zero-order valence-corrected chi connectivity index (χ0v) is 10.5. The van der Waals surface area contributed by atoms with Gasteiger partial charge in [0.2, 0.25) is 0 Å². The molecule has 3 nitrogen and oxygen atoms in total. The van der Waals surface area contributed by atoms with E-state index >= 15 is 0 Å². The molecule has 2 aromatic heterocycles. The summed E-state index contributed by atoms with van der Waals surface area (Å²) in [6.07, 6.45) is 2.68. The highest BCUT2D eigenvalue weighted by Gasteiger charge is 2.15. The third-order valence-electron chi connectivity index (χ3n) is 2.97. The molecule has 3 heteroatoms. The maximum atomic E-state index is 5.66. The van der Waals surface area contributed by atoms with Crippen molar-refractivity contribution in [3.63, 3.8) is 0 Å². The van der Waals surface area contributed by atoms with Crippen LogP contribution in [0.3, 0.4) is 0 Å². The topological polar surface area (TPSA) is 38.1 Å². The van der Waals surface area contributed by atoms with Crippen LogP contribution >= 0.6 is 0 Å². The Balaban J connectivity index is 2.18. The van der Waals surface area contributed by atoms with Crippen molar-refractivity contribution in [3.8, 4) is 0 Å². The molecule has 2 heterocycles. The summed E-state index contributed by atoms with van der Waals surface area (Å²) in [7, 11) is 1.95. The number of hydrogen-bond acceptors (Lipinski definition) is 3. The summed E-state index contributed by atoms with van der Waals surface area (Å²) in [5.74, 6) is 1.91. The second-order valence-electron chi connectivity index (χ2n) is 4.26. The van der Waals surface area contributed by atoms with E-state index in [0.29, 0.717) is 0 Å². The van der Waals surface area contributed by atoms with Gasteiger partial charge in [0.25, 0.3) is 0 Å². The van der Waals surface area contributed by atoms with E-state index in [1.807, 2.05) is 38.4 Å². The van der Waals surface area contributed by atoms with Crippen LogP contribution in [0.1, 0.15) is 28.8 Å². The van der Waals surface area contributed by atoms with Gasteiger partial charge in [-0.2, -0.15) is 0 Å². The lowest BCUT2D eigenvalue weighted by Gasteiger charge is -2.14. The van der Waals surface area contributed by atoms with Crippen molar-refractivity contribution in [3.05, 3.63) is 53.2 Å². The lowest BCUT2D eigenvalue weighted by Crippen LogP contribution is -2.19. The predicted molar refractivity (Wildman–Crippen MR) is 67.9 cm³/mol. The van der Waals surface area contributed by atoms with Crippen LogP contribution in [0.4, 0.5) is 0 Å². The predicted octanol–water partition coefficient (Wildman–Crippen LogP) is 2.79. The highest BCUT2D eigenvalue weighted by Crippen LogP contribution is 2.20. The van der Waals surface area contributed by atoms with Crippen LogP contribution < -0.4 is 5.32 Å². The molecule has 0 aliphatic carbocycles. The monoisotopic (exact) mass is 230 g/mol. The van der Waals surface area contributed by atoms with E-state index in [2.05, 4.69) is 23.3 Å². The summed E-state index contributed by atoms with van der Waals surface area (Å²) in [5, 5.41) is 3.27. The van der Waals surface area contributed by atoms with Gasteiger partial charge in [-0.25, -0.2) is 0 Å². The normalized spacial score (nSPS) is 12.6. The van der Waals surface area contributed by atoms with Gasteiger partial charge in [0, 0.05) is 18.3 Å². The maximum absolute atomic E-state index is 5.66. The highest BCUT2D eigenvalue weighted by atomic mass is 16.3. The van der Waals surface area contributed by atoms with E-state index in [-0.39, 0.29) is 6.04 Å². The Morgan fingerprint density at radius 2 is 2.12 bits per heavy atom. The molecule has 0 fully saturated rings. The van der Waals surface area contributed by atoms with E-state index in [9.17, 15) is 0 Å². The fraction of sp³-hybridized carbons (Fsp3) is 0.357. The minimum Gasteiger partial charge on any atom is -0.465 e. The van der Waals surface area contributed by atoms with Crippen molar-refractivity contribution < 1.29 is 4.42 Å². The second-order valence-corrected chi connectivity index (χ2v) is 4.26. The van der Waals surface area contributed by atoms with Gasteiger partial charge in [0.05, 0.1) is 6.04 Å². The molecule has 0 aliphatic heterocycles. The van der Waals surface area contributed by atoms with Crippen molar-refractivity contribution in [2.24, 2.45) is 0 Å². The zero-order valence-electron chi connectivity index (χ0n) is 10.5. The number of pyridine rings is 1. The van der Waals surface area contributed by atoms with Gasteiger partial charge in [0.1, 0.15) is 11.5 Å². The van der Waals surface area contributed by atoms with Gasteiger partial charge < -0.3 is 9.73 Å². The van der Waals surface area contributed by atoms with E-state index in [4.69, 9.17) is 4.42 Å². The Morgan fingerprint density at radius 1 is 1.29 bits per heavy atom. The number of aryl methyl sites for hydroxylation is 2. The fourth-order valence-electron chi connectivity index (χ4n) is 1.91. The standard InChI is InChI=1S/C14H18N2O/c1-10-5-4-8-16-12(10)9-13(15-3)14-7-6-11(2)17-14/h4-8,13,15H,9H2,1-3H3. The number of furan rings is 1. The average Bonchev–Trinajstić information content (AvgIpc) is 2.75. The number of likely N-dealkylation sites (N-methyl/N-ethyl adjacent to an activating group) is 1. The van der Waals surface area contributed by atoms with Gasteiger partial charge in [-0.05, 0) is 44.7 Å². The van der Waals surface area contributed by atoms with Gasteiger partial charge in [-0.3, -0.25) is 4.98 Å². The first-order valence-corrected chi connectivity index (χ1v) is 5.85. The van der Waals surface area contributed by atoms with Crippen LogP contribution in [0.2, 0.25) is 0 Å². The molecule has 2 aromatic rings. The van der Waals surface area contributed by atoms with Crippen LogP contribution in [0.5, 0.6) is 0 Å². The summed E-state index contributed by atoms with van der Waals surface area (Å²) >= 11 is 0. The minimum atomic E-state index is 0.178. The molecule has 0 spiro atoms. The Kier molecular flexibility index (Phi) is 3.59. The first-order valence-electron chi connectivity index (χ1n) is 5.85. The third kappa shape index (κ3) is 2.74. The maximum Gasteiger partial charge on any atom is 0.121 e. The van der Waals surface area contributed by atoms with E-state index in [0.717, 1.165) is 23.6 Å². The molecule has 0 amide bonds. The SMILES string of the molecule is CNC(Cc1ncccc1C)c1ccc(C)o1. The second kappa shape index (κ2) is 5.15. The van der Waals surface area contributed by atoms with Crippen LogP contribution in [-0.4, -0.2) is 12.0 Å². The Morgan fingerprint density at radius 3 is 2.71 bits per heavy atom. The van der Waals surface area contributed by atoms with Crippen molar-refractivity contribution in [2.75, 3.05) is 7.05 Å². The summed E-state index contributed by atoms with van der Waals surface area (Å²) in [5.41, 5.74) is 2.33. The zero-order chi connectivity index (χ0) is 12.3. The Hall–Kier alpha value is -1.61. The number of nitrogens with zero attached hydrogens (tertiary/aromatic N) is 1.